The molecule has 2 aliphatic heterocycles. The van der Waals surface area contributed by atoms with Crippen LogP contribution in [0.5, 0.6) is 17.2 Å². The van der Waals surface area contributed by atoms with E-state index in [4.69, 9.17) is 18.9 Å². The van der Waals surface area contributed by atoms with Gasteiger partial charge in [-0.1, -0.05) is 12.1 Å². The fourth-order valence-electron chi connectivity index (χ4n) is 5.26. The molecule has 2 aliphatic rings. The van der Waals surface area contributed by atoms with E-state index in [0.717, 1.165) is 37.3 Å². The Kier molecular flexibility index (Phi) is 10.5. The molecule has 1 N–H and O–H groups in total. The molecule has 220 valence electrons. The summed E-state index contributed by atoms with van der Waals surface area (Å²) in [6.07, 6.45) is -3.85. The summed E-state index contributed by atoms with van der Waals surface area (Å²) in [5.74, 6) is 1.09. The Bertz CT molecular complexity index is 1110. The maximum atomic E-state index is 13.2. The lowest BCUT2D eigenvalue weighted by Gasteiger charge is -2.37. The van der Waals surface area contributed by atoms with E-state index in [1.54, 1.807) is 14.2 Å². The van der Waals surface area contributed by atoms with Crippen molar-refractivity contribution in [3.8, 4) is 17.2 Å². The minimum absolute atomic E-state index is 0.0191. The highest BCUT2D eigenvalue weighted by molar-refractivity contribution is 5.79. The molecule has 2 fully saturated rings. The molecule has 4 rings (SSSR count). The molecular formula is C29H38F3N3O5. The summed E-state index contributed by atoms with van der Waals surface area (Å²) in [6.45, 7) is 6.43. The van der Waals surface area contributed by atoms with Gasteiger partial charge in [-0.15, -0.1) is 0 Å². The number of likely N-dealkylation sites (tertiary alicyclic amines) is 1. The van der Waals surface area contributed by atoms with Gasteiger partial charge < -0.3 is 24.3 Å². The van der Waals surface area contributed by atoms with E-state index in [1.807, 2.05) is 18.2 Å². The van der Waals surface area contributed by atoms with Crippen LogP contribution in [0, 0.1) is 11.8 Å². The molecule has 0 unspecified atom stereocenters. The lowest BCUT2D eigenvalue weighted by molar-refractivity contribution is -0.137. The number of ether oxygens (including phenoxy) is 4. The smallest absolute Gasteiger partial charge is 0.416 e. The summed E-state index contributed by atoms with van der Waals surface area (Å²) in [5, 5.41) is 3.09. The summed E-state index contributed by atoms with van der Waals surface area (Å²) in [5.41, 5.74) is 0.254. The fourth-order valence-corrected chi connectivity index (χ4v) is 5.26. The number of hydrogen-bond acceptors (Lipinski definition) is 7. The number of hydrogen-bond donors (Lipinski definition) is 1. The molecule has 2 atom stereocenters. The van der Waals surface area contributed by atoms with Gasteiger partial charge in [0.25, 0.3) is 0 Å². The van der Waals surface area contributed by atoms with E-state index >= 15 is 0 Å². The third kappa shape index (κ3) is 8.49. The van der Waals surface area contributed by atoms with Crippen LogP contribution in [0.3, 0.4) is 0 Å². The lowest BCUT2D eigenvalue weighted by atomic mass is 9.88. The van der Waals surface area contributed by atoms with E-state index in [-0.39, 0.29) is 30.1 Å². The molecule has 8 nitrogen and oxygen atoms in total. The molecule has 0 spiro atoms. The third-order valence-electron chi connectivity index (χ3n) is 7.32. The van der Waals surface area contributed by atoms with Crippen LogP contribution in [0.2, 0.25) is 0 Å². The number of morpholine rings is 1. The molecule has 0 aliphatic carbocycles. The molecule has 0 radical (unpaired) electrons. The predicted octanol–water partition coefficient (Wildman–Crippen LogP) is 3.69. The average molecular weight is 566 g/mol. The Morgan fingerprint density at radius 1 is 1.02 bits per heavy atom. The van der Waals surface area contributed by atoms with E-state index in [1.165, 1.54) is 12.1 Å². The minimum atomic E-state index is -4.44. The van der Waals surface area contributed by atoms with Gasteiger partial charge in [-0.25, -0.2) is 0 Å². The van der Waals surface area contributed by atoms with Gasteiger partial charge in [0.15, 0.2) is 11.5 Å². The van der Waals surface area contributed by atoms with Gasteiger partial charge in [0, 0.05) is 51.7 Å². The average Bonchev–Trinajstić information content (AvgIpc) is 2.96. The van der Waals surface area contributed by atoms with Crippen molar-refractivity contribution in [2.75, 3.05) is 73.3 Å². The summed E-state index contributed by atoms with van der Waals surface area (Å²) in [4.78, 5) is 17.7. The number of nitrogens with zero attached hydrogens (tertiary/aromatic N) is 2. The van der Waals surface area contributed by atoms with Crippen LogP contribution in [-0.2, 0) is 22.3 Å². The normalized spacial score (nSPS) is 20.6. The highest BCUT2D eigenvalue weighted by atomic mass is 19.4. The Labute approximate surface area is 233 Å². The summed E-state index contributed by atoms with van der Waals surface area (Å²) >= 11 is 0. The molecule has 0 bridgehead atoms. The third-order valence-corrected chi connectivity index (χ3v) is 7.32. The van der Waals surface area contributed by atoms with Crippen molar-refractivity contribution in [1.82, 2.24) is 15.1 Å². The summed E-state index contributed by atoms with van der Waals surface area (Å²) < 4.78 is 61.4. The highest BCUT2D eigenvalue weighted by Gasteiger charge is 2.33. The number of benzene rings is 2. The molecule has 11 heteroatoms. The van der Waals surface area contributed by atoms with Crippen molar-refractivity contribution in [1.29, 1.82) is 0 Å². The van der Waals surface area contributed by atoms with Crippen molar-refractivity contribution < 1.29 is 36.9 Å². The monoisotopic (exact) mass is 565 g/mol. The van der Waals surface area contributed by atoms with E-state index in [0.29, 0.717) is 57.3 Å². The van der Waals surface area contributed by atoms with Crippen LogP contribution in [0.4, 0.5) is 13.2 Å². The standard InChI is InChI=1S/C29H38F3N3O5/c1-37-26-7-6-21(15-27(26)38-2)17-35-18-22(20-40-25-5-3-4-24(16-25)29(30,31)32)14-23(19-35)28(36)33-8-9-34-10-12-39-13-11-34/h3-7,15-16,22-23H,8-14,17-20H2,1-2H3,(H,33,36)/t22-,23+/m0/s1. The second-order valence-electron chi connectivity index (χ2n) is 10.3. The second kappa shape index (κ2) is 14.0. The van der Waals surface area contributed by atoms with Crippen LogP contribution in [0.15, 0.2) is 42.5 Å². The van der Waals surface area contributed by atoms with Gasteiger partial charge >= 0.3 is 6.18 Å². The van der Waals surface area contributed by atoms with Crippen molar-refractivity contribution in [3.05, 3.63) is 53.6 Å². The second-order valence-corrected chi connectivity index (χ2v) is 10.3. The van der Waals surface area contributed by atoms with Crippen molar-refractivity contribution >= 4 is 5.91 Å². The molecule has 2 aromatic rings. The summed E-state index contributed by atoms with van der Waals surface area (Å²) in [7, 11) is 3.17. The van der Waals surface area contributed by atoms with Gasteiger partial charge in [0.1, 0.15) is 5.75 Å². The van der Waals surface area contributed by atoms with E-state index in [2.05, 4.69) is 15.1 Å². The van der Waals surface area contributed by atoms with Crippen LogP contribution in [0.1, 0.15) is 17.5 Å². The molecule has 40 heavy (non-hydrogen) atoms. The Balaban J connectivity index is 1.41. The quantitative estimate of drug-likeness (QED) is 0.446. The van der Waals surface area contributed by atoms with Crippen molar-refractivity contribution in [2.45, 2.75) is 19.1 Å². The number of rotatable bonds is 11. The van der Waals surface area contributed by atoms with Crippen molar-refractivity contribution in [2.24, 2.45) is 11.8 Å². The van der Waals surface area contributed by atoms with Crippen LogP contribution < -0.4 is 19.5 Å². The first kappa shape index (κ1) is 30.0. The van der Waals surface area contributed by atoms with E-state index < -0.39 is 11.7 Å². The zero-order valence-corrected chi connectivity index (χ0v) is 23.0. The van der Waals surface area contributed by atoms with Crippen LogP contribution in [-0.4, -0.2) is 89.0 Å². The molecule has 2 saturated heterocycles. The van der Waals surface area contributed by atoms with Gasteiger partial charge in [-0.05, 0) is 42.3 Å². The highest BCUT2D eigenvalue weighted by Crippen LogP contribution is 2.32. The minimum Gasteiger partial charge on any atom is -0.493 e. The summed E-state index contributed by atoms with van der Waals surface area (Å²) in [6, 6.07) is 10.6. The van der Waals surface area contributed by atoms with Crippen LogP contribution >= 0.6 is 0 Å². The molecule has 0 saturated carbocycles. The number of methoxy groups -OCH3 is 2. The van der Waals surface area contributed by atoms with Crippen molar-refractivity contribution in [3.63, 3.8) is 0 Å². The number of alkyl halides is 3. The first-order valence-corrected chi connectivity index (χ1v) is 13.6. The zero-order valence-electron chi connectivity index (χ0n) is 23.0. The first-order chi connectivity index (χ1) is 19.2. The maximum absolute atomic E-state index is 13.2. The molecule has 0 aromatic heterocycles. The number of halogens is 3. The Morgan fingerprint density at radius 2 is 1.80 bits per heavy atom. The number of carbonyl (C=O) groups excluding carboxylic acids is 1. The predicted molar refractivity (Wildman–Crippen MR) is 144 cm³/mol. The molecule has 1 amide bonds. The van der Waals surface area contributed by atoms with Gasteiger partial charge in [0.05, 0.1) is 45.5 Å². The zero-order chi connectivity index (χ0) is 28.5. The fraction of sp³-hybridized carbons (Fsp3) is 0.552. The number of carbonyl (C=O) groups is 1. The molecular weight excluding hydrogens is 527 g/mol. The Morgan fingerprint density at radius 3 is 2.52 bits per heavy atom. The van der Waals surface area contributed by atoms with Crippen LogP contribution in [0.25, 0.3) is 0 Å². The van der Waals surface area contributed by atoms with E-state index in [9.17, 15) is 18.0 Å². The Hall–Kier alpha value is -3.02. The van der Waals surface area contributed by atoms with Gasteiger partial charge in [-0.3, -0.25) is 14.6 Å². The number of piperidine rings is 1. The SMILES string of the molecule is COc1ccc(CN2C[C@@H](COc3cccc(C(F)(F)F)c3)C[C@@H](C(=O)NCCN3CCOCC3)C2)cc1OC. The number of nitrogens with one attached hydrogen (secondary N) is 1. The van der Waals surface area contributed by atoms with Gasteiger partial charge in [0.2, 0.25) is 5.91 Å². The van der Waals surface area contributed by atoms with Gasteiger partial charge in [-0.2, -0.15) is 13.2 Å². The largest absolute Gasteiger partial charge is 0.493 e. The maximum Gasteiger partial charge on any atom is 0.416 e. The number of amides is 1. The topological polar surface area (TPSA) is 72.5 Å². The lowest BCUT2D eigenvalue weighted by Crippen LogP contribution is -2.48. The molecule has 2 heterocycles. The molecule has 2 aromatic carbocycles. The first-order valence-electron chi connectivity index (χ1n) is 13.6.